The van der Waals surface area contributed by atoms with Crippen LogP contribution in [-0.2, 0) is 16.8 Å². The molecule has 0 spiro atoms. The summed E-state index contributed by atoms with van der Waals surface area (Å²) in [5.41, 5.74) is -1.55. The summed E-state index contributed by atoms with van der Waals surface area (Å²) in [5.74, 6) is -5.16. The number of carbonyl (C=O) groups is 1. The van der Waals surface area contributed by atoms with E-state index in [4.69, 9.17) is 15.3 Å². The van der Waals surface area contributed by atoms with Gasteiger partial charge in [-0.05, 0) is 12.1 Å². The van der Waals surface area contributed by atoms with Gasteiger partial charge in [0.15, 0.2) is 0 Å². The number of aliphatic carboxylic acids is 1. The van der Waals surface area contributed by atoms with E-state index >= 15 is 0 Å². The fourth-order valence-electron chi connectivity index (χ4n) is 1.02. The molecule has 7 heteroatoms. The van der Waals surface area contributed by atoms with Crippen LogP contribution in [0.25, 0.3) is 0 Å². The smallest absolute Gasteiger partial charge is 0.416 e. The number of benzene rings is 1. The van der Waals surface area contributed by atoms with E-state index in [0.29, 0.717) is 24.3 Å². The Hall–Kier alpha value is -1.60. The predicted octanol–water partition coefficient (Wildman–Crippen LogP) is 0.927. The highest BCUT2D eigenvalue weighted by molar-refractivity contribution is 5.76. The first-order chi connectivity index (χ1) is 7.15. The predicted molar refractivity (Wildman–Crippen MR) is 45.2 cm³/mol. The first kappa shape index (κ1) is 12.5. The summed E-state index contributed by atoms with van der Waals surface area (Å²) >= 11 is 0. The lowest BCUT2D eigenvalue weighted by molar-refractivity contribution is -0.208. The Labute approximate surface area is 87.6 Å². The molecule has 0 aliphatic carbocycles. The zero-order valence-corrected chi connectivity index (χ0v) is 7.69. The molecule has 0 amide bonds. The van der Waals surface area contributed by atoms with Gasteiger partial charge in [-0.3, -0.25) is 0 Å². The monoisotopic (exact) mass is 236 g/mol. The number of alkyl halides is 3. The van der Waals surface area contributed by atoms with Gasteiger partial charge in [0, 0.05) is 5.56 Å². The van der Waals surface area contributed by atoms with E-state index in [1.165, 1.54) is 0 Å². The second-order valence-corrected chi connectivity index (χ2v) is 3.05. The molecule has 0 radical (unpaired) electrons. The van der Waals surface area contributed by atoms with Gasteiger partial charge in [0.2, 0.25) is 0 Å². The van der Waals surface area contributed by atoms with Crippen molar-refractivity contribution in [3.63, 3.8) is 0 Å². The molecular formula is C9H7F3O4. The molecule has 1 rings (SSSR count). The molecule has 3 N–H and O–H groups in total. The summed E-state index contributed by atoms with van der Waals surface area (Å²) in [4.78, 5) is 10.4. The number of halogens is 3. The Kier molecular flexibility index (Phi) is 2.93. The van der Waals surface area contributed by atoms with Gasteiger partial charge >= 0.3 is 12.1 Å². The van der Waals surface area contributed by atoms with Crippen LogP contribution in [0.2, 0.25) is 0 Å². The van der Waals surface area contributed by atoms with E-state index in [0.717, 1.165) is 0 Å². The summed E-state index contributed by atoms with van der Waals surface area (Å²) in [6.45, 7) is 0. The molecule has 88 valence electrons. The third kappa shape index (κ3) is 2.31. The maximum atomic E-state index is 12.1. The summed E-state index contributed by atoms with van der Waals surface area (Å²) < 4.78 is 36.4. The molecule has 0 saturated carbocycles. The van der Waals surface area contributed by atoms with Crippen molar-refractivity contribution in [3.8, 4) is 0 Å². The van der Waals surface area contributed by atoms with Crippen LogP contribution in [0.5, 0.6) is 0 Å². The topological polar surface area (TPSA) is 77.8 Å². The van der Waals surface area contributed by atoms with Gasteiger partial charge in [0.05, 0.1) is 5.56 Å². The first-order valence-corrected chi connectivity index (χ1v) is 4.01. The lowest BCUT2D eigenvalue weighted by Crippen LogP contribution is -2.35. The van der Waals surface area contributed by atoms with Crippen molar-refractivity contribution in [2.45, 2.75) is 12.0 Å². The van der Waals surface area contributed by atoms with Crippen molar-refractivity contribution in [1.29, 1.82) is 0 Å². The molecule has 0 atom stereocenters. The van der Waals surface area contributed by atoms with Crippen LogP contribution in [0.4, 0.5) is 13.2 Å². The Morgan fingerprint density at radius 1 is 1.00 bits per heavy atom. The highest BCUT2D eigenvalue weighted by Gasteiger charge is 2.37. The van der Waals surface area contributed by atoms with Gasteiger partial charge in [0.25, 0.3) is 5.79 Å². The number of aliphatic hydroxyl groups is 2. The second kappa shape index (κ2) is 3.76. The fourth-order valence-corrected chi connectivity index (χ4v) is 1.02. The summed E-state index contributed by atoms with van der Waals surface area (Å²) in [6.07, 6.45) is -4.56. The maximum Gasteiger partial charge on any atom is 0.416 e. The molecule has 0 unspecified atom stereocenters. The van der Waals surface area contributed by atoms with Gasteiger partial charge in [-0.2, -0.15) is 13.2 Å². The van der Waals surface area contributed by atoms with E-state index in [1.807, 2.05) is 0 Å². The minimum Gasteiger partial charge on any atom is -0.477 e. The average Bonchev–Trinajstić information content (AvgIpc) is 2.16. The zero-order chi connectivity index (χ0) is 12.6. The number of hydrogen-bond donors (Lipinski definition) is 3. The Morgan fingerprint density at radius 2 is 1.38 bits per heavy atom. The van der Waals surface area contributed by atoms with Crippen LogP contribution in [0.1, 0.15) is 11.1 Å². The average molecular weight is 236 g/mol. The largest absolute Gasteiger partial charge is 0.477 e. The SMILES string of the molecule is O=C(O)C(O)(O)c1ccc(C(F)(F)F)cc1. The quantitative estimate of drug-likeness (QED) is 0.667. The molecule has 0 aliphatic heterocycles. The van der Waals surface area contributed by atoms with Crippen molar-refractivity contribution >= 4 is 5.97 Å². The lowest BCUT2D eigenvalue weighted by atomic mass is 10.0. The van der Waals surface area contributed by atoms with E-state index in [2.05, 4.69) is 0 Å². The third-order valence-electron chi connectivity index (χ3n) is 1.91. The van der Waals surface area contributed by atoms with Crippen LogP contribution in [0.3, 0.4) is 0 Å². The standard InChI is InChI=1S/C9H7F3O4/c10-9(11,12)6-3-1-5(2-4-6)8(15,16)7(13)14/h1-4,15-16H,(H,13,14). The van der Waals surface area contributed by atoms with Crippen LogP contribution < -0.4 is 0 Å². The zero-order valence-electron chi connectivity index (χ0n) is 7.69. The number of rotatable bonds is 2. The Morgan fingerprint density at radius 3 is 1.69 bits per heavy atom. The molecule has 0 bridgehead atoms. The van der Waals surface area contributed by atoms with E-state index in [1.54, 1.807) is 0 Å². The van der Waals surface area contributed by atoms with Gasteiger partial charge in [0.1, 0.15) is 0 Å². The normalized spacial score (nSPS) is 12.6. The highest BCUT2D eigenvalue weighted by atomic mass is 19.4. The van der Waals surface area contributed by atoms with Crippen molar-refractivity contribution in [3.05, 3.63) is 35.4 Å². The van der Waals surface area contributed by atoms with E-state index in [9.17, 15) is 18.0 Å². The van der Waals surface area contributed by atoms with Crippen LogP contribution >= 0.6 is 0 Å². The number of hydrogen-bond acceptors (Lipinski definition) is 3. The minimum atomic E-state index is -4.56. The maximum absolute atomic E-state index is 12.1. The number of carboxylic acid groups (broad SMARTS) is 1. The number of carboxylic acids is 1. The molecule has 1 aromatic rings. The first-order valence-electron chi connectivity index (χ1n) is 4.01. The molecular weight excluding hydrogens is 229 g/mol. The van der Waals surface area contributed by atoms with Crippen molar-refractivity contribution in [1.82, 2.24) is 0 Å². The van der Waals surface area contributed by atoms with Gasteiger partial charge in [-0.25, -0.2) is 4.79 Å². The molecule has 0 aliphatic rings. The molecule has 0 saturated heterocycles. The van der Waals surface area contributed by atoms with Gasteiger partial charge in [-0.1, -0.05) is 12.1 Å². The minimum absolute atomic E-state index is 0.548. The molecule has 1 aromatic carbocycles. The lowest BCUT2D eigenvalue weighted by Gasteiger charge is -2.17. The fraction of sp³-hybridized carbons (Fsp3) is 0.222. The van der Waals surface area contributed by atoms with Crippen molar-refractivity contribution in [2.75, 3.05) is 0 Å². The van der Waals surface area contributed by atoms with Crippen LogP contribution in [-0.4, -0.2) is 21.3 Å². The van der Waals surface area contributed by atoms with Gasteiger partial charge < -0.3 is 15.3 Å². The molecule has 16 heavy (non-hydrogen) atoms. The molecule has 0 fully saturated rings. The second-order valence-electron chi connectivity index (χ2n) is 3.05. The summed E-state index contributed by atoms with van der Waals surface area (Å²) in [7, 11) is 0. The molecule has 0 aromatic heterocycles. The van der Waals surface area contributed by atoms with Crippen molar-refractivity contribution < 1.29 is 33.3 Å². The van der Waals surface area contributed by atoms with Crippen LogP contribution in [0.15, 0.2) is 24.3 Å². The summed E-state index contributed by atoms with van der Waals surface area (Å²) in [6, 6.07) is 2.52. The highest BCUT2D eigenvalue weighted by Crippen LogP contribution is 2.30. The van der Waals surface area contributed by atoms with Crippen LogP contribution in [0, 0.1) is 0 Å². The Bertz CT molecular complexity index is 394. The van der Waals surface area contributed by atoms with Gasteiger partial charge in [-0.15, -0.1) is 0 Å². The summed E-state index contributed by atoms with van der Waals surface area (Å²) in [5, 5.41) is 26.5. The molecule has 0 heterocycles. The van der Waals surface area contributed by atoms with E-state index in [-0.39, 0.29) is 0 Å². The van der Waals surface area contributed by atoms with E-state index < -0.39 is 29.1 Å². The third-order valence-corrected chi connectivity index (χ3v) is 1.91. The molecule has 4 nitrogen and oxygen atoms in total. The van der Waals surface area contributed by atoms with Crippen molar-refractivity contribution in [2.24, 2.45) is 0 Å². The Balaban J connectivity index is 3.09.